The summed E-state index contributed by atoms with van der Waals surface area (Å²) >= 11 is 0. The number of carboxylic acid groups (broad SMARTS) is 1. The molecule has 7 heteroatoms. The zero-order chi connectivity index (χ0) is 17.1. The molecule has 1 fully saturated rings. The summed E-state index contributed by atoms with van der Waals surface area (Å²) in [6, 6.07) is 7.79. The van der Waals surface area contributed by atoms with Gasteiger partial charge in [0.15, 0.2) is 0 Å². The Morgan fingerprint density at radius 1 is 1.38 bits per heavy atom. The van der Waals surface area contributed by atoms with E-state index in [-0.39, 0.29) is 12.6 Å². The Hall–Kier alpha value is -2.57. The van der Waals surface area contributed by atoms with Crippen LogP contribution in [0, 0.1) is 5.92 Å². The lowest BCUT2D eigenvalue weighted by molar-refractivity contribution is -0.141. The van der Waals surface area contributed by atoms with Gasteiger partial charge >= 0.3 is 12.0 Å². The summed E-state index contributed by atoms with van der Waals surface area (Å²) in [6.07, 6.45) is 1.17. The number of nitrogens with one attached hydrogen (secondary N) is 1. The van der Waals surface area contributed by atoms with Gasteiger partial charge in [-0.05, 0) is 25.5 Å². The molecule has 1 saturated heterocycles. The number of benzene rings is 1. The number of carboxylic acids is 1. The SMILES string of the molecule is CCn1c(CCNC(=O)N2CCC(C(=O)O)C2)nc2ccccc21. The molecule has 1 aromatic heterocycles. The predicted octanol–water partition coefficient (Wildman–Crippen LogP) is 1.71. The third-order valence-corrected chi connectivity index (χ3v) is 4.50. The van der Waals surface area contributed by atoms with Crippen molar-refractivity contribution in [2.24, 2.45) is 5.92 Å². The third-order valence-electron chi connectivity index (χ3n) is 4.50. The maximum Gasteiger partial charge on any atom is 0.317 e. The lowest BCUT2D eigenvalue weighted by atomic mass is 10.1. The quantitative estimate of drug-likeness (QED) is 0.874. The monoisotopic (exact) mass is 330 g/mol. The van der Waals surface area contributed by atoms with E-state index >= 15 is 0 Å². The molecule has 3 rings (SSSR count). The van der Waals surface area contributed by atoms with Crippen LogP contribution in [0.15, 0.2) is 24.3 Å². The minimum Gasteiger partial charge on any atom is -0.481 e. The first kappa shape index (κ1) is 16.3. The second kappa shape index (κ2) is 6.90. The molecule has 128 valence electrons. The molecule has 1 aliphatic heterocycles. The second-order valence-corrected chi connectivity index (χ2v) is 6.01. The first-order chi connectivity index (χ1) is 11.6. The number of nitrogens with zero attached hydrogens (tertiary/aromatic N) is 3. The molecule has 2 N–H and O–H groups in total. The number of likely N-dealkylation sites (tertiary alicyclic amines) is 1. The number of imidazole rings is 1. The zero-order valence-electron chi connectivity index (χ0n) is 13.7. The normalized spacial score (nSPS) is 17.4. The highest BCUT2D eigenvalue weighted by molar-refractivity contribution is 5.77. The van der Waals surface area contributed by atoms with Crippen molar-refractivity contribution >= 4 is 23.0 Å². The number of aryl methyl sites for hydroxylation is 1. The fraction of sp³-hybridized carbons (Fsp3) is 0.471. The van der Waals surface area contributed by atoms with Gasteiger partial charge in [-0.2, -0.15) is 0 Å². The summed E-state index contributed by atoms with van der Waals surface area (Å²) in [5, 5.41) is 11.9. The van der Waals surface area contributed by atoms with Crippen LogP contribution in [-0.4, -0.2) is 51.2 Å². The van der Waals surface area contributed by atoms with Crippen molar-refractivity contribution in [3.05, 3.63) is 30.1 Å². The van der Waals surface area contributed by atoms with Gasteiger partial charge in [0.25, 0.3) is 0 Å². The van der Waals surface area contributed by atoms with Crippen LogP contribution in [0.2, 0.25) is 0 Å². The highest BCUT2D eigenvalue weighted by Crippen LogP contribution is 2.17. The van der Waals surface area contributed by atoms with Crippen molar-refractivity contribution in [1.82, 2.24) is 19.8 Å². The molecule has 7 nitrogen and oxygen atoms in total. The van der Waals surface area contributed by atoms with E-state index in [1.54, 1.807) is 4.90 Å². The van der Waals surface area contributed by atoms with Crippen molar-refractivity contribution in [3.63, 3.8) is 0 Å². The first-order valence-electron chi connectivity index (χ1n) is 8.30. The van der Waals surface area contributed by atoms with Gasteiger partial charge in [-0.3, -0.25) is 4.79 Å². The van der Waals surface area contributed by atoms with Gasteiger partial charge in [-0.25, -0.2) is 9.78 Å². The van der Waals surface area contributed by atoms with Crippen LogP contribution in [0.1, 0.15) is 19.2 Å². The van der Waals surface area contributed by atoms with Gasteiger partial charge < -0.3 is 19.9 Å². The van der Waals surface area contributed by atoms with Gasteiger partial charge in [0.1, 0.15) is 5.82 Å². The Kier molecular flexibility index (Phi) is 4.69. The summed E-state index contributed by atoms with van der Waals surface area (Å²) < 4.78 is 2.15. The maximum absolute atomic E-state index is 12.1. The molecule has 1 unspecified atom stereocenters. The Balaban J connectivity index is 1.57. The number of carbonyl (C=O) groups is 2. The second-order valence-electron chi connectivity index (χ2n) is 6.01. The average Bonchev–Trinajstić information content (AvgIpc) is 3.19. The van der Waals surface area contributed by atoms with Crippen LogP contribution in [0.4, 0.5) is 4.79 Å². The van der Waals surface area contributed by atoms with Gasteiger partial charge in [0, 0.05) is 32.6 Å². The highest BCUT2D eigenvalue weighted by atomic mass is 16.4. The van der Waals surface area contributed by atoms with Crippen LogP contribution >= 0.6 is 0 Å². The molecule has 1 aliphatic rings. The molecular weight excluding hydrogens is 308 g/mol. The minimum atomic E-state index is -0.832. The maximum atomic E-state index is 12.1. The molecule has 2 heterocycles. The summed E-state index contributed by atoms with van der Waals surface area (Å²) in [5.74, 6) is -0.328. The minimum absolute atomic E-state index is 0.196. The molecule has 0 aliphatic carbocycles. The molecule has 24 heavy (non-hydrogen) atoms. The Morgan fingerprint density at radius 2 is 2.17 bits per heavy atom. The predicted molar refractivity (Wildman–Crippen MR) is 89.8 cm³/mol. The van der Waals surface area contributed by atoms with Crippen molar-refractivity contribution in [2.45, 2.75) is 26.3 Å². The largest absolute Gasteiger partial charge is 0.481 e. The van der Waals surface area contributed by atoms with Crippen LogP contribution < -0.4 is 5.32 Å². The lowest BCUT2D eigenvalue weighted by Gasteiger charge is -2.16. The molecule has 2 amide bonds. The van der Waals surface area contributed by atoms with Crippen LogP contribution in [-0.2, 0) is 17.8 Å². The molecular formula is C17H22N4O3. The van der Waals surface area contributed by atoms with Crippen molar-refractivity contribution in [1.29, 1.82) is 0 Å². The smallest absolute Gasteiger partial charge is 0.317 e. The number of aliphatic carboxylic acids is 1. The first-order valence-corrected chi connectivity index (χ1v) is 8.30. The number of amides is 2. The molecule has 0 spiro atoms. The summed E-state index contributed by atoms with van der Waals surface area (Å²) in [5.41, 5.74) is 2.06. The number of fused-ring (bicyclic) bond motifs is 1. The van der Waals surface area contributed by atoms with Gasteiger partial charge in [0.2, 0.25) is 0 Å². The number of urea groups is 1. The molecule has 1 atom stereocenters. The highest BCUT2D eigenvalue weighted by Gasteiger charge is 2.30. The lowest BCUT2D eigenvalue weighted by Crippen LogP contribution is -2.39. The van der Waals surface area contributed by atoms with Crippen LogP contribution in [0.25, 0.3) is 11.0 Å². The van der Waals surface area contributed by atoms with Crippen LogP contribution in [0.3, 0.4) is 0 Å². The average molecular weight is 330 g/mol. The summed E-state index contributed by atoms with van der Waals surface area (Å²) in [4.78, 5) is 29.3. The number of rotatable bonds is 5. The Labute approximate surface area is 140 Å². The summed E-state index contributed by atoms with van der Waals surface area (Å²) in [6.45, 7) is 4.17. The number of carbonyl (C=O) groups excluding carboxylic acids is 1. The van der Waals surface area contributed by atoms with Gasteiger partial charge in [0.05, 0.1) is 17.0 Å². The van der Waals surface area contributed by atoms with Crippen molar-refractivity contribution in [3.8, 4) is 0 Å². The van der Waals surface area contributed by atoms with E-state index in [2.05, 4.69) is 21.8 Å². The fourth-order valence-corrected chi connectivity index (χ4v) is 3.21. The van der Waals surface area contributed by atoms with Gasteiger partial charge in [-0.15, -0.1) is 0 Å². The van der Waals surface area contributed by atoms with E-state index < -0.39 is 11.9 Å². The van der Waals surface area contributed by atoms with Crippen molar-refractivity contribution < 1.29 is 14.7 Å². The summed E-state index contributed by atoms with van der Waals surface area (Å²) in [7, 11) is 0. The van der Waals surface area contributed by atoms with E-state index in [9.17, 15) is 9.59 Å². The van der Waals surface area contributed by atoms with E-state index in [1.807, 2.05) is 24.3 Å². The molecule has 0 bridgehead atoms. The van der Waals surface area contributed by atoms with E-state index in [0.29, 0.717) is 25.9 Å². The number of hydrogen-bond donors (Lipinski definition) is 2. The topological polar surface area (TPSA) is 87.5 Å². The molecule has 2 aromatic rings. The zero-order valence-corrected chi connectivity index (χ0v) is 13.7. The van der Waals surface area contributed by atoms with E-state index in [0.717, 1.165) is 23.4 Å². The fourth-order valence-electron chi connectivity index (χ4n) is 3.21. The van der Waals surface area contributed by atoms with E-state index in [4.69, 9.17) is 5.11 Å². The van der Waals surface area contributed by atoms with E-state index in [1.165, 1.54) is 0 Å². The number of aromatic nitrogens is 2. The number of para-hydroxylation sites is 2. The standard InChI is InChI=1S/C17H22N4O3/c1-2-21-14-6-4-3-5-13(14)19-15(21)7-9-18-17(24)20-10-8-12(11-20)16(22)23/h3-6,12H,2,7-11H2,1H3,(H,18,24)(H,22,23). The Bertz CT molecular complexity index is 755. The van der Waals surface area contributed by atoms with Crippen molar-refractivity contribution in [2.75, 3.05) is 19.6 Å². The molecule has 0 saturated carbocycles. The third kappa shape index (κ3) is 3.20. The molecule has 1 aromatic carbocycles. The van der Waals surface area contributed by atoms with Gasteiger partial charge in [-0.1, -0.05) is 12.1 Å². The Morgan fingerprint density at radius 3 is 2.88 bits per heavy atom. The molecule has 0 radical (unpaired) electrons. The number of hydrogen-bond acceptors (Lipinski definition) is 3. The van der Waals surface area contributed by atoms with Crippen LogP contribution in [0.5, 0.6) is 0 Å².